The maximum Gasteiger partial charge on any atom is 0.274 e. The van der Waals surface area contributed by atoms with Crippen LogP contribution in [0.15, 0.2) is 42.5 Å². The first kappa shape index (κ1) is 18.6. The fraction of sp³-hybridized carbons (Fsp3) is 0.318. The van der Waals surface area contributed by atoms with Crippen LogP contribution < -0.4 is 14.8 Å². The van der Waals surface area contributed by atoms with Crippen molar-refractivity contribution in [3.8, 4) is 17.2 Å². The number of rotatable bonds is 5. The number of halogens is 1. The maximum absolute atomic E-state index is 13.2. The summed E-state index contributed by atoms with van der Waals surface area (Å²) in [4.78, 5) is 13.0. The topological polar surface area (TPSA) is 78.3 Å². The molecule has 1 aromatic heterocycles. The molecule has 30 heavy (non-hydrogen) atoms. The molecule has 7 nitrogen and oxygen atoms in total. The quantitative estimate of drug-likeness (QED) is 0.700. The molecule has 8 heteroatoms. The molecule has 2 aliphatic rings. The van der Waals surface area contributed by atoms with Crippen LogP contribution in [0.2, 0.25) is 0 Å². The highest BCUT2D eigenvalue weighted by atomic mass is 19.1. The molecule has 1 aliphatic carbocycles. The number of nitrogens with one attached hydrogen (secondary N) is 1. The van der Waals surface area contributed by atoms with Gasteiger partial charge in [-0.05, 0) is 67.6 Å². The molecular formula is C22H21FN4O3. The van der Waals surface area contributed by atoms with Gasteiger partial charge in [0.1, 0.15) is 19.0 Å². The van der Waals surface area contributed by atoms with Gasteiger partial charge in [0.2, 0.25) is 0 Å². The van der Waals surface area contributed by atoms with Gasteiger partial charge in [-0.2, -0.15) is 0 Å². The van der Waals surface area contributed by atoms with Crippen molar-refractivity contribution in [2.75, 3.05) is 13.2 Å². The minimum absolute atomic E-state index is 0.135. The number of carbonyl (C=O) groups excluding carboxylic acids is 1. The lowest BCUT2D eigenvalue weighted by molar-refractivity contribution is 0.0925. The molecule has 0 saturated heterocycles. The lowest BCUT2D eigenvalue weighted by atomic mass is 10.0. The molecule has 1 amide bonds. The first-order chi connectivity index (χ1) is 14.6. The fourth-order valence-electron chi connectivity index (χ4n) is 3.73. The zero-order valence-corrected chi connectivity index (χ0v) is 16.5. The molecule has 0 radical (unpaired) electrons. The Morgan fingerprint density at radius 2 is 1.87 bits per heavy atom. The molecule has 1 aliphatic heterocycles. The Kier molecular flexibility index (Phi) is 4.61. The third-order valence-electron chi connectivity index (χ3n) is 5.49. The van der Waals surface area contributed by atoms with E-state index in [1.807, 2.05) is 18.2 Å². The standard InChI is InChI=1S/C22H21FN4O3/c1-13-20(25-26-27(13)17-7-5-16(23)6-8-17)22(28)24-21(14-2-3-14)15-4-9-18-19(12-15)30-11-10-29-18/h4-9,12,14,21H,2-3,10-11H2,1H3,(H,24,28). The molecular weight excluding hydrogens is 387 g/mol. The van der Waals surface area contributed by atoms with E-state index in [9.17, 15) is 9.18 Å². The molecule has 2 heterocycles. The molecule has 0 spiro atoms. The van der Waals surface area contributed by atoms with Crippen LogP contribution >= 0.6 is 0 Å². The van der Waals surface area contributed by atoms with Crippen molar-refractivity contribution in [3.05, 3.63) is 65.2 Å². The van der Waals surface area contributed by atoms with Crippen LogP contribution in [0.5, 0.6) is 11.5 Å². The van der Waals surface area contributed by atoms with Gasteiger partial charge in [0, 0.05) is 0 Å². The summed E-state index contributed by atoms with van der Waals surface area (Å²) in [5, 5.41) is 11.3. The smallest absolute Gasteiger partial charge is 0.274 e. The predicted octanol–water partition coefficient (Wildman–Crippen LogP) is 3.37. The van der Waals surface area contributed by atoms with E-state index in [-0.39, 0.29) is 23.5 Å². The fourth-order valence-corrected chi connectivity index (χ4v) is 3.73. The van der Waals surface area contributed by atoms with E-state index in [2.05, 4.69) is 15.6 Å². The minimum atomic E-state index is -0.332. The molecule has 2 aromatic carbocycles. The van der Waals surface area contributed by atoms with Gasteiger partial charge in [-0.15, -0.1) is 5.10 Å². The molecule has 1 saturated carbocycles. The van der Waals surface area contributed by atoms with Crippen molar-refractivity contribution >= 4 is 5.91 Å². The number of aromatic nitrogens is 3. The summed E-state index contributed by atoms with van der Waals surface area (Å²) in [6.45, 7) is 2.83. The van der Waals surface area contributed by atoms with Gasteiger partial charge in [-0.25, -0.2) is 9.07 Å². The number of hydrogen-bond donors (Lipinski definition) is 1. The first-order valence-electron chi connectivity index (χ1n) is 9.99. The summed E-state index contributed by atoms with van der Waals surface area (Å²) in [6, 6.07) is 11.6. The molecule has 3 aromatic rings. The van der Waals surface area contributed by atoms with E-state index in [1.54, 1.807) is 19.1 Å². The normalized spacial score (nSPS) is 16.2. The van der Waals surface area contributed by atoms with Crippen molar-refractivity contribution in [1.29, 1.82) is 0 Å². The highest BCUT2D eigenvalue weighted by Crippen LogP contribution is 2.43. The monoisotopic (exact) mass is 408 g/mol. The van der Waals surface area contributed by atoms with Gasteiger partial charge in [0.05, 0.1) is 17.4 Å². The molecule has 1 N–H and O–H groups in total. The molecule has 0 bridgehead atoms. The van der Waals surface area contributed by atoms with Crippen LogP contribution in [0.25, 0.3) is 5.69 Å². The van der Waals surface area contributed by atoms with E-state index in [1.165, 1.54) is 16.8 Å². The lowest BCUT2D eigenvalue weighted by Crippen LogP contribution is -2.31. The third-order valence-corrected chi connectivity index (χ3v) is 5.49. The first-order valence-corrected chi connectivity index (χ1v) is 9.99. The van der Waals surface area contributed by atoms with Crippen molar-refractivity contribution < 1.29 is 18.7 Å². The van der Waals surface area contributed by atoms with Crippen molar-refractivity contribution in [3.63, 3.8) is 0 Å². The lowest BCUT2D eigenvalue weighted by Gasteiger charge is -2.23. The summed E-state index contributed by atoms with van der Waals surface area (Å²) >= 11 is 0. The van der Waals surface area contributed by atoms with E-state index in [0.29, 0.717) is 36.3 Å². The second-order valence-electron chi connectivity index (χ2n) is 7.60. The van der Waals surface area contributed by atoms with Crippen LogP contribution in [0.3, 0.4) is 0 Å². The summed E-state index contributed by atoms with van der Waals surface area (Å²) in [5.74, 6) is 1.19. The number of ether oxygens (including phenoxy) is 2. The SMILES string of the molecule is Cc1c(C(=O)NC(c2ccc3c(c2)OCCO3)C2CC2)nnn1-c1ccc(F)cc1. The highest BCUT2D eigenvalue weighted by Gasteiger charge is 2.35. The summed E-state index contributed by atoms with van der Waals surface area (Å²) in [5.41, 5.74) is 2.48. The van der Waals surface area contributed by atoms with Gasteiger partial charge in [0.25, 0.3) is 5.91 Å². The van der Waals surface area contributed by atoms with Crippen molar-refractivity contribution in [2.45, 2.75) is 25.8 Å². The van der Waals surface area contributed by atoms with Gasteiger partial charge in [-0.1, -0.05) is 11.3 Å². The zero-order chi connectivity index (χ0) is 20.7. The van der Waals surface area contributed by atoms with Crippen LogP contribution in [-0.2, 0) is 0 Å². The van der Waals surface area contributed by atoms with Crippen LogP contribution in [0.1, 0.15) is 40.6 Å². The van der Waals surface area contributed by atoms with E-state index in [0.717, 1.165) is 24.2 Å². The second kappa shape index (κ2) is 7.44. The Bertz CT molecular complexity index is 1090. The minimum Gasteiger partial charge on any atom is -0.486 e. The average Bonchev–Trinajstić information content (AvgIpc) is 3.54. The maximum atomic E-state index is 13.2. The van der Waals surface area contributed by atoms with Crippen LogP contribution in [-0.4, -0.2) is 34.1 Å². The van der Waals surface area contributed by atoms with Gasteiger partial charge >= 0.3 is 0 Å². The Morgan fingerprint density at radius 3 is 2.60 bits per heavy atom. The Balaban J connectivity index is 1.39. The van der Waals surface area contributed by atoms with E-state index in [4.69, 9.17) is 9.47 Å². The Hall–Kier alpha value is -3.42. The molecule has 1 unspecified atom stereocenters. The number of hydrogen-bond acceptors (Lipinski definition) is 5. The molecule has 1 fully saturated rings. The second-order valence-corrected chi connectivity index (χ2v) is 7.60. The summed E-state index contributed by atoms with van der Waals surface area (Å²) in [7, 11) is 0. The third kappa shape index (κ3) is 3.49. The van der Waals surface area contributed by atoms with Crippen molar-refractivity contribution in [1.82, 2.24) is 20.3 Å². The summed E-state index contributed by atoms with van der Waals surface area (Å²) < 4.78 is 26.0. The number of nitrogens with zero attached hydrogens (tertiary/aromatic N) is 3. The molecule has 1 atom stereocenters. The van der Waals surface area contributed by atoms with Gasteiger partial charge in [-0.3, -0.25) is 4.79 Å². The number of amides is 1. The van der Waals surface area contributed by atoms with Gasteiger partial charge in [0.15, 0.2) is 17.2 Å². The summed E-state index contributed by atoms with van der Waals surface area (Å²) in [6.07, 6.45) is 2.11. The zero-order valence-electron chi connectivity index (χ0n) is 16.5. The number of carbonyl (C=O) groups is 1. The van der Waals surface area contributed by atoms with Crippen LogP contribution in [0, 0.1) is 18.7 Å². The Labute approximate surface area is 172 Å². The van der Waals surface area contributed by atoms with E-state index >= 15 is 0 Å². The van der Waals surface area contributed by atoms with Gasteiger partial charge < -0.3 is 14.8 Å². The van der Waals surface area contributed by atoms with Crippen LogP contribution in [0.4, 0.5) is 4.39 Å². The average molecular weight is 408 g/mol. The molecule has 5 rings (SSSR count). The molecule has 154 valence electrons. The Morgan fingerprint density at radius 1 is 1.13 bits per heavy atom. The number of fused-ring (bicyclic) bond motifs is 1. The highest BCUT2D eigenvalue weighted by molar-refractivity contribution is 5.93. The van der Waals surface area contributed by atoms with Crippen molar-refractivity contribution in [2.24, 2.45) is 5.92 Å². The van der Waals surface area contributed by atoms with E-state index < -0.39 is 0 Å². The largest absolute Gasteiger partial charge is 0.486 e. The predicted molar refractivity (Wildman–Crippen MR) is 106 cm³/mol. The number of benzene rings is 2.